The minimum absolute atomic E-state index is 0.188. The lowest BCUT2D eigenvalue weighted by Crippen LogP contribution is -2.24. The molecule has 2 aromatic rings. The van der Waals surface area contributed by atoms with Crippen molar-refractivity contribution in [2.24, 2.45) is 4.99 Å². The first-order valence-corrected chi connectivity index (χ1v) is 9.42. The second kappa shape index (κ2) is 8.74. The molecule has 5 heteroatoms. The second-order valence-corrected chi connectivity index (χ2v) is 7.01. The van der Waals surface area contributed by atoms with Gasteiger partial charge in [0.15, 0.2) is 0 Å². The van der Waals surface area contributed by atoms with Crippen LogP contribution < -0.4 is 14.8 Å². The van der Waals surface area contributed by atoms with Crippen molar-refractivity contribution in [2.45, 2.75) is 32.6 Å². The van der Waals surface area contributed by atoms with Gasteiger partial charge in [0.1, 0.15) is 23.0 Å². The zero-order valence-electron chi connectivity index (χ0n) is 16.8. The van der Waals surface area contributed by atoms with Crippen molar-refractivity contribution in [3.05, 3.63) is 64.9 Å². The van der Waals surface area contributed by atoms with Gasteiger partial charge in [-0.3, -0.25) is 4.79 Å². The Morgan fingerprint density at radius 3 is 2.50 bits per heavy atom. The highest BCUT2D eigenvalue weighted by Crippen LogP contribution is 2.27. The van der Waals surface area contributed by atoms with Crippen molar-refractivity contribution < 1.29 is 14.3 Å². The third-order valence-electron chi connectivity index (χ3n) is 4.78. The van der Waals surface area contributed by atoms with Crippen LogP contribution in [0, 0.1) is 0 Å². The number of benzene rings is 2. The van der Waals surface area contributed by atoms with Crippen LogP contribution in [0.4, 0.5) is 0 Å². The van der Waals surface area contributed by atoms with Gasteiger partial charge >= 0.3 is 0 Å². The summed E-state index contributed by atoms with van der Waals surface area (Å²) in [5.74, 6) is 2.44. The average Bonchev–Trinajstić information content (AvgIpc) is 3.05. The number of nitrogens with zero attached hydrogens (tertiary/aromatic N) is 1. The normalized spacial score (nSPS) is 15.0. The molecule has 0 aliphatic carbocycles. The number of carbonyl (C=O) groups is 1. The lowest BCUT2D eigenvalue weighted by Gasteiger charge is -2.10. The number of para-hydroxylation sites is 1. The van der Waals surface area contributed by atoms with Crippen LogP contribution in [-0.2, 0) is 11.2 Å². The molecular weight excluding hydrogens is 352 g/mol. The standard InChI is InChI=1S/C23H26N2O3/c1-15(2)17-9-11-21(28-4)18(13-17)14-19-23(26)25-22(24-19)12-10-16-7-5-6-8-20(16)27-3/h5-9,11,13-15H,10,12H2,1-4H3,(H,24,25,26)/b19-14-. The summed E-state index contributed by atoms with van der Waals surface area (Å²) in [6.07, 6.45) is 3.16. The molecule has 1 aliphatic rings. The highest BCUT2D eigenvalue weighted by atomic mass is 16.5. The van der Waals surface area contributed by atoms with Gasteiger partial charge in [-0.15, -0.1) is 0 Å². The summed E-state index contributed by atoms with van der Waals surface area (Å²) < 4.78 is 10.8. The molecule has 0 spiro atoms. The van der Waals surface area contributed by atoms with Crippen molar-refractivity contribution in [1.29, 1.82) is 0 Å². The van der Waals surface area contributed by atoms with E-state index in [2.05, 4.69) is 24.2 Å². The minimum Gasteiger partial charge on any atom is -0.496 e. The fourth-order valence-corrected chi connectivity index (χ4v) is 3.17. The SMILES string of the molecule is COc1ccc(C(C)C)cc1/C=C1\N=C(CCc2ccccc2OC)NC1=O. The van der Waals surface area contributed by atoms with Crippen LogP contribution >= 0.6 is 0 Å². The first kappa shape index (κ1) is 19.7. The van der Waals surface area contributed by atoms with Crippen LogP contribution in [0.2, 0.25) is 0 Å². The van der Waals surface area contributed by atoms with E-state index in [0.717, 1.165) is 29.0 Å². The molecule has 2 aromatic carbocycles. The highest BCUT2D eigenvalue weighted by molar-refractivity contribution is 6.14. The Morgan fingerprint density at radius 2 is 1.79 bits per heavy atom. The molecule has 5 nitrogen and oxygen atoms in total. The molecule has 0 atom stereocenters. The lowest BCUT2D eigenvalue weighted by atomic mass is 10.00. The molecule has 3 rings (SSSR count). The molecule has 0 unspecified atom stereocenters. The number of amidine groups is 1. The molecule has 0 fully saturated rings. The monoisotopic (exact) mass is 378 g/mol. The first-order chi connectivity index (χ1) is 13.5. The van der Waals surface area contributed by atoms with E-state index in [1.165, 1.54) is 5.56 Å². The molecule has 1 heterocycles. The van der Waals surface area contributed by atoms with Gasteiger partial charge in [0.2, 0.25) is 0 Å². The molecule has 0 radical (unpaired) electrons. The number of aliphatic imine (C=N–C) groups is 1. The van der Waals surface area contributed by atoms with E-state index < -0.39 is 0 Å². The van der Waals surface area contributed by atoms with E-state index >= 15 is 0 Å². The minimum atomic E-state index is -0.188. The second-order valence-electron chi connectivity index (χ2n) is 7.01. The molecule has 146 valence electrons. The summed E-state index contributed by atoms with van der Waals surface area (Å²) in [7, 11) is 3.29. The molecule has 1 N–H and O–H groups in total. The summed E-state index contributed by atoms with van der Waals surface area (Å²) >= 11 is 0. The quantitative estimate of drug-likeness (QED) is 0.730. The van der Waals surface area contributed by atoms with Gasteiger partial charge in [-0.25, -0.2) is 4.99 Å². The third-order valence-corrected chi connectivity index (χ3v) is 4.78. The predicted octanol–water partition coefficient (Wildman–Crippen LogP) is 4.33. The van der Waals surface area contributed by atoms with E-state index in [4.69, 9.17) is 9.47 Å². The lowest BCUT2D eigenvalue weighted by molar-refractivity contribution is -0.115. The summed E-state index contributed by atoms with van der Waals surface area (Å²) in [5, 5.41) is 2.87. The third kappa shape index (κ3) is 4.42. The number of hydrogen-bond acceptors (Lipinski definition) is 4. The maximum Gasteiger partial charge on any atom is 0.275 e. The van der Waals surface area contributed by atoms with Gasteiger partial charge in [-0.2, -0.15) is 0 Å². The van der Waals surface area contributed by atoms with E-state index in [1.807, 2.05) is 42.5 Å². The van der Waals surface area contributed by atoms with Crippen LogP contribution in [-0.4, -0.2) is 26.0 Å². The molecule has 0 saturated carbocycles. The first-order valence-electron chi connectivity index (χ1n) is 9.42. The Labute approximate surface area is 166 Å². The predicted molar refractivity (Wildman–Crippen MR) is 112 cm³/mol. The molecule has 1 aliphatic heterocycles. The molecule has 0 saturated heterocycles. The molecule has 28 heavy (non-hydrogen) atoms. The molecule has 0 bridgehead atoms. The fourth-order valence-electron chi connectivity index (χ4n) is 3.17. The van der Waals surface area contributed by atoms with E-state index in [1.54, 1.807) is 20.3 Å². The van der Waals surface area contributed by atoms with Crippen LogP contribution in [0.5, 0.6) is 11.5 Å². The van der Waals surface area contributed by atoms with Crippen molar-refractivity contribution >= 4 is 17.8 Å². The molecule has 1 amide bonds. The van der Waals surface area contributed by atoms with Crippen LogP contribution in [0.25, 0.3) is 6.08 Å². The van der Waals surface area contributed by atoms with Crippen molar-refractivity contribution in [3.63, 3.8) is 0 Å². The number of amides is 1. The van der Waals surface area contributed by atoms with Gasteiger partial charge < -0.3 is 14.8 Å². The van der Waals surface area contributed by atoms with Crippen LogP contribution in [0.1, 0.15) is 42.9 Å². The molecule has 0 aromatic heterocycles. The Kier molecular flexibility index (Phi) is 6.14. The fraction of sp³-hybridized carbons (Fsp3) is 0.304. The van der Waals surface area contributed by atoms with Crippen LogP contribution in [0.15, 0.2) is 53.2 Å². The summed E-state index contributed by atoms with van der Waals surface area (Å²) in [5.41, 5.74) is 3.53. The number of ether oxygens (including phenoxy) is 2. The number of nitrogens with one attached hydrogen (secondary N) is 1. The number of methoxy groups -OCH3 is 2. The van der Waals surface area contributed by atoms with Gasteiger partial charge in [0, 0.05) is 12.0 Å². The van der Waals surface area contributed by atoms with Gasteiger partial charge in [0.25, 0.3) is 5.91 Å². The Morgan fingerprint density at radius 1 is 1.04 bits per heavy atom. The Balaban J connectivity index is 1.81. The van der Waals surface area contributed by atoms with Gasteiger partial charge in [-0.05, 0) is 47.7 Å². The number of aryl methyl sites for hydroxylation is 1. The van der Waals surface area contributed by atoms with E-state index in [0.29, 0.717) is 23.9 Å². The maximum atomic E-state index is 12.4. The van der Waals surface area contributed by atoms with Crippen molar-refractivity contribution in [1.82, 2.24) is 5.32 Å². The Bertz CT molecular complexity index is 929. The summed E-state index contributed by atoms with van der Waals surface area (Å²) in [6.45, 7) is 4.27. The average molecular weight is 378 g/mol. The number of rotatable bonds is 7. The topological polar surface area (TPSA) is 59.9 Å². The molecular formula is C23H26N2O3. The summed E-state index contributed by atoms with van der Waals surface area (Å²) in [4.78, 5) is 16.9. The number of hydrogen-bond donors (Lipinski definition) is 1. The number of carbonyl (C=O) groups excluding carboxylic acids is 1. The van der Waals surface area contributed by atoms with Gasteiger partial charge in [-0.1, -0.05) is 38.1 Å². The van der Waals surface area contributed by atoms with Crippen molar-refractivity contribution in [2.75, 3.05) is 14.2 Å². The Hall–Kier alpha value is -3.08. The van der Waals surface area contributed by atoms with Gasteiger partial charge in [0.05, 0.1) is 14.2 Å². The largest absolute Gasteiger partial charge is 0.496 e. The highest BCUT2D eigenvalue weighted by Gasteiger charge is 2.21. The maximum absolute atomic E-state index is 12.4. The van der Waals surface area contributed by atoms with E-state index in [9.17, 15) is 4.79 Å². The zero-order chi connectivity index (χ0) is 20.1. The smallest absolute Gasteiger partial charge is 0.275 e. The zero-order valence-corrected chi connectivity index (χ0v) is 16.8. The van der Waals surface area contributed by atoms with E-state index in [-0.39, 0.29) is 5.91 Å². The van der Waals surface area contributed by atoms with Crippen molar-refractivity contribution in [3.8, 4) is 11.5 Å². The summed E-state index contributed by atoms with van der Waals surface area (Å²) in [6, 6.07) is 13.9. The van der Waals surface area contributed by atoms with Crippen LogP contribution in [0.3, 0.4) is 0 Å².